The SMILES string of the molecule is CC(C)c1cc(OCc2ccccc2)cc(-c2ccc(F)cc2)c1/C=C/C(O)CC(=O)CC(=O)[O-]. The van der Waals surface area contributed by atoms with E-state index in [1.165, 1.54) is 18.2 Å². The summed E-state index contributed by atoms with van der Waals surface area (Å²) in [6, 6.07) is 19.7. The van der Waals surface area contributed by atoms with Crippen molar-refractivity contribution in [3.8, 4) is 16.9 Å². The van der Waals surface area contributed by atoms with Gasteiger partial charge >= 0.3 is 0 Å². The van der Waals surface area contributed by atoms with Gasteiger partial charge in [0.1, 0.15) is 24.0 Å². The number of aliphatic hydroxyl groups is 1. The molecule has 1 N–H and O–H groups in total. The van der Waals surface area contributed by atoms with Crippen LogP contribution in [0.5, 0.6) is 5.75 Å². The van der Waals surface area contributed by atoms with Crippen LogP contribution in [0.25, 0.3) is 17.2 Å². The Labute approximate surface area is 204 Å². The lowest BCUT2D eigenvalue weighted by atomic mass is 9.89. The van der Waals surface area contributed by atoms with Gasteiger partial charge in [-0.15, -0.1) is 0 Å². The fourth-order valence-corrected chi connectivity index (χ4v) is 3.75. The smallest absolute Gasteiger partial charge is 0.141 e. The summed E-state index contributed by atoms with van der Waals surface area (Å²) in [5.41, 5.74) is 4.31. The molecule has 1 unspecified atom stereocenters. The van der Waals surface area contributed by atoms with Crippen molar-refractivity contribution in [1.82, 2.24) is 0 Å². The minimum absolute atomic E-state index is 0.0889. The second-order valence-corrected chi connectivity index (χ2v) is 8.63. The highest BCUT2D eigenvalue weighted by molar-refractivity contribution is 5.94. The molecule has 1 atom stereocenters. The van der Waals surface area contributed by atoms with Crippen LogP contribution in [-0.2, 0) is 16.2 Å². The average Bonchev–Trinajstić information content (AvgIpc) is 2.81. The van der Waals surface area contributed by atoms with Crippen LogP contribution in [0.3, 0.4) is 0 Å². The highest BCUT2D eigenvalue weighted by Crippen LogP contribution is 2.36. The molecular formula is C29H28FO5-. The molecule has 0 fully saturated rings. The van der Waals surface area contributed by atoms with Crippen molar-refractivity contribution >= 4 is 17.8 Å². The van der Waals surface area contributed by atoms with Crippen LogP contribution < -0.4 is 9.84 Å². The number of carboxylic acid groups (broad SMARTS) is 1. The number of Topliss-reactive ketones (excluding diaryl/α,β-unsaturated/α-hetero) is 1. The van der Waals surface area contributed by atoms with Gasteiger partial charge in [-0.2, -0.15) is 0 Å². The van der Waals surface area contributed by atoms with Gasteiger partial charge in [0, 0.05) is 18.8 Å². The standard InChI is InChI=1S/C29H29FO5/c1-19(2)27-16-25(35-18-20-6-4-3-5-7-20)17-28(21-8-10-22(30)11-9-21)26(27)13-12-23(31)14-24(32)15-29(33)34/h3-13,16-17,19,23,31H,14-15,18H2,1-2H3,(H,33,34)/p-1/b13-12+. The number of hydrogen-bond donors (Lipinski definition) is 1. The van der Waals surface area contributed by atoms with Crippen molar-refractivity contribution < 1.29 is 28.9 Å². The van der Waals surface area contributed by atoms with E-state index in [4.69, 9.17) is 4.74 Å². The largest absolute Gasteiger partial charge is 0.550 e. The van der Waals surface area contributed by atoms with Crippen LogP contribution in [0.4, 0.5) is 4.39 Å². The number of hydrogen-bond acceptors (Lipinski definition) is 5. The Balaban J connectivity index is 1.98. The number of halogens is 1. The number of carbonyl (C=O) groups is 2. The van der Waals surface area contributed by atoms with E-state index in [2.05, 4.69) is 0 Å². The number of benzene rings is 3. The van der Waals surface area contributed by atoms with Crippen molar-refractivity contribution in [3.05, 3.63) is 95.3 Å². The van der Waals surface area contributed by atoms with Crippen molar-refractivity contribution in [2.24, 2.45) is 0 Å². The first kappa shape index (κ1) is 25.8. The Hall–Kier alpha value is -3.77. The Morgan fingerprint density at radius 3 is 2.37 bits per heavy atom. The van der Waals surface area contributed by atoms with Crippen LogP contribution >= 0.6 is 0 Å². The molecule has 3 aromatic carbocycles. The van der Waals surface area contributed by atoms with Crippen LogP contribution in [0, 0.1) is 5.82 Å². The van der Waals surface area contributed by atoms with Gasteiger partial charge in [0.15, 0.2) is 0 Å². The number of ketones is 1. The van der Waals surface area contributed by atoms with E-state index in [1.807, 2.05) is 56.3 Å². The van der Waals surface area contributed by atoms with Crippen molar-refractivity contribution in [3.63, 3.8) is 0 Å². The van der Waals surface area contributed by atoms with E-state index in [0.29, 0.717) is 12.4 Å². The minimum Gasteiger partial charge on any atom is -0.550 e. The Kier molecular flexibility index (Phi) is 8.92. The highest BCUT2D eigenvalue weighted by atomic mass is 19.1. The zero-order chi connectivity index (χ0) is 25.4. The number of carboxylic acids is 1. The van der Waals surface area contributed by atoms with Gasteiger partial charge in [-0.3, -0.25) is 4.79 Å². The average molecular weight is 476 g/mol. The molecule has 182 valence electrons. The second-order valence-electron chi connectivity index (χ2n) is 8.63. The lowest BCUT2D eigenvalue weighted by Gasteiger charge is -2.19. The van der Waals surface area contributed by atoms with E-state index in [1.54, 1.807) is 18.2 Å². The van der Waals surface area contributed by atoms with Gasteiger partial charge in [-0.25, -0.2) is 4.39 Å². The highest BCUT2D eigenvalue weighted by Gasteiger charge is 2.16. The summed E-state index contributed by atoms with van der Waals surface area (Å²) in [7, 11) is 0. The summed E-state index contributed by atoms with van der Waals surface area (Å²) < 4.78 is 19.7. The number of rotatable bonds is 11. The molecule has 0 aliphatic rings. The summed E-state index contributed by atoms with van der Waals surface area (Å²) in [4.78, 5) is 22.4. The number of aliphatic hydroxyl groups excluding tert-OH is 1. The molecule has 6 heteroatoms. The molecule has 0 aliphatic heterocycles. The molecule has 0 radical (unpaired) electrons. The molecule has 0 aliphatic carbocycles. The van der Waals surface area contributed by atoms with Crippen LogP contribution in [-0.4, -0.2) is 23.0 Å². The first-order valence-electron chi connectivity index (χ1n) is 11.4. The molecule has 5 nitrogen and oxygen atoms in total. The molecule has 0 saturated carbocycles. The van der Waals surface area contributed by atoms with E-state index in [0.717, 1.165) is 27.8 Å². The predicted octanol–water partition coefficient (Wildman–Crippen LogP) is 4.67. The van der Waals surface area contributed by atoms with Crippen molar-refractivity contribution in [1.29, 1.82) is 0 Å². The van der Waals surface area contributed by atoms with Gasteiger partial charge in [-0.05, 0) is 58.0 Å². The minimum atomic E-state index is -1.47. The van der Waals surface area contributed by atoms with Crippen LogP contribution in [0.1, 0.15) is 49.3 Å². The number of ether oxygens (including phenoxy) is 1. The maximum Gasteiger partial charge on any atom is 0.141 e. The summed E-state index contributed by atoms with van der Waals surface area (Å²) in [5.74, 6) is -1.70. The van der Waals surface area contributed by atoms with Gasteiger partial charge in [0.2, 0.25) is 0 Å². The molecule has 0 spiro atoms. The topological polar surface area (TPSA) is 86.7 Å². The maximum atomic E-state index is 13.6. The molecule has 0 bridgehead atoms. The first-order chi connectivity index (χ1) is 16.7. The first-order valence-corrected chi connectivity index (χ1v) is 11.4. The summed E-state index contributed by atoms with van der Waals surface area (Å²) in [6.07, 6.45) is 0.955. The molecule has 0 heterocycles. The van der Waals surface area contributed by atoms with Crippen LogP contribution in [0.2, 0.25) is 0 Å². The molecule has 0 aromatic heterocycles. The maximum absolute atomic E-state index is 13.6. The second kappa shape index (κ2) is 12.1. The van der Waals surface area contributed by atoms with Crippen molar-refractivity contribution in [2.45, 2.75) is 45.3 Å². The zero-order valence-corrected chi connectivity index (χ0v) is 19.7. The lowest BCUT2D eigenvalue weighted by Crippen LogP contribution is -2.26. The molecule has 3 rings (SSSR count). The summed E-state index contributed by atoms with van der Waals surface area (Å²) in [6.45, 7) is 4.44. The fourth-order valence-electron chi connectivity index (χ4n) is 3.75. The predicted molar refractivity (Wildman–Crippen MR) is 131 cm³/mol. The third kappa shape index (κ3) is 7.62. The normalized spacial score (nSPS) is 12.1. The van der Waals surface area contributed by atoms with E-state index < -0.39 is 24.3 Å². The Bertz CT molecular complexity index is 1180. The summed E-state index contributed by atoms with van der Waals surface area (Å²) >= 11 is 0. The van der Waals surface area contributed by atoms with Crippen LogP contribution in [0.15, 0.2) is 72.8 Å². The third-order valence-electron chi connectivity index (χ3n) is 5.47. The van der Waals surface area contributed by atoms with Gasteiger partial charge in [0.05, 0.1) is 6.10 Å². The molecule has 0 amide bonds. The number of aliphatic carboxylic acids is 1. The van der Waals surface area contributed by atoms with Gasteiger partial charge in [0.25, 0.3) is 0 Å². The number of carbonyl (C=O) groups excluding carboxylic acids is 2. The molecule has 35 heavy (non-hydrogen) atoms. The lowest BCUT2D eigenvalue weighted by molar-refractivity contribution is -0.304. The Morgan fingerprint density at radius 1 is 1.06 bits per heavy atom. The monoisotopic (exact) mass is 475 g/mol. The van der Waals surface area contributed by atoms with Gasteiger partial charge < -0.3 is 19.7 Å². The molecule has 0 saturated heterocycles. The fraction of sp³-hybridized carbons (Fsp3) is 0.241. The molecule has 3 aromatic rings. The van der Waals surface area contributed by atoms with Crippen molar-refractivity contribution in [2.75, 3.05) is 0 Å². The Morgan fingerprint density at radius 2 is 1.74 bits per heavy atom. The van der Waals surface area contributed by atoms with E-state index in [-0.39, 0.29) is 18.2 Å². The zero-order valence-electron chi connectivity index (χ0n) is 19.7. The molecular weight excluding hydrogens is 447 g/mol. The van der Waals surface area contributed by atoms with Gasteiger partial charge in [-0.1, -0.05) is 68.5 Å². The summed E-state index contributed by atoms with van der Waals surface area (Å²) in [5, 5.41) is 20.9. The quantitative estimate of drug-likeness (QED) is 0.408. The van der Waals surface area contributed by atoms with E-state index >= 15 is 0 Å². The van der Waals surface area contributed by atoms with E-state index in [9.17, 15) is 24.2 Å². The third-order valence-corrected chi connectivity index (χ3v) is 5.47.